The van der Waals surface area contributed by atoms with Gasteiger partial charge in [-0.15, -0.1) is 0 Å². The summed E-state index contributed by atoms with van der Waals surface area (Å²) in [6.07, 6.45) is 1.79. The molecule has 2 aromatic carbocycles. The molecule has 7 nitrogen and oxygen atoms in total. The van der Waals surface area contributed by atoms with E-state index in [2.05, 4.69) is 45.0 Å². The van der Waals surface area contributed by atoms with Crippen LogP contribution in [0.4, 0.5) is 11.4 Å². The van der Waals surface area contributed by atoms with Gasteiger partial charge in [0, 0.05) is 40.9 Å². The van der Waals surface area contributed by atoms with Crippen molar-refractivity contribution >= 4 is 46.2 Å². The van der Waals surface area contributed by atoms with Crippen molar-refractivity contribution in [1.29, 1.82) is 0 Å². The molecular formula is C29H28ClN5O2S. The van der Waals surface area contributed by atoms with Crippen LogP contribution in [0.5, 0.6) is 5.75 Å². The van der Waals surface area contributed by atoms with Crippen LogP contribution in [0.25, 0.3) is 5.69 Å². The van der Waals surface area contributed by atoms with Crippen molar-refractivity contribution in [2.24, 2.45) is 0 Å². The van der Waals surface area contributed by atoms with Crippen molar-refractivity contribution in [3.63, 3.8) is 0 Å². The summed E-state index contributed by atoms with van der Waals surface area (Å²) in [5.41, 5.74) is 6.51. The van der Waals surface area contributed by atoms with Gasteiger partial charge in [0.25, 0.3) is 0 Å². The van der Waals surface area contributed by atoms with Crippen LogP contribution in [0.3, 0.4) is 0 Å². The average molecular weight is 546 g/mol. The van der Waals surface area contributed by atoms with Crippen molar-refractivity contribution in [2.75, 3.05) is 17.3 Å². The molecular weight excluding hydrogens is 518 g/mol. The molecule has 4 aromatic rings. The van der Waals surface area contributed by atoms with Gasteiger partial charge in [0.15, 0.2) is 5.11 Å². The molecule has 2 N–H and O–H groups in total. The largest absolute Gasteiger partial charge is 0.495 e. The zero-order valence-electron chi connectivity index (χ0n) is 21.5. The summed E-state index contributed by atoms with van der Waals surface area (Å²) in [6, 6.07) is 21.2. The quantitative estimate of drug-likeness (QED) is 0.278. The Morgan fingerprint density at radius 2 is 1.89 bits per heavy atom. The fraction of sp³-hybridized carbons (Fsp3) is 0.207. The van der Waals surface area contributed by atoms with E-state index in [1.165, 1.54) is 6.92 Å². The fourth-order valence-electron chi connectivity index (χ4n) is 5.18. The third kappa shape index (κ3) is 4.73. The van der Waals surface area contributed by atoms with Crippen molar-refractivity contribution in [3.8, 4) is 11.4 Å². The monoisotopic (exact) mass is 545 g/mol. The van der Waals surface area contributed by atoms with E-state index in [-0.39, 0.29) is 18.0 Å². The van der Waals surface area contributed by atoms with Gasteiger partial charge in [-0.3, -0.25) is 9.78 Å². The Morgan fingerprint density at radius 1 is 1.08 bits per heavy atom. The van der Waals surface area contributed by atoms with Crippen LogP contribution in [-0.2, 0) is 4.79 Å². The van der Waals surface area contributed by atoms with E-state index in [0.717, 1.165) is 34.0 Å². The minimum atomic E-state index is -0.213. The molecule has 0 radical (unpaired) electrons. The van der Waals surface area contributed by atoms with Crippen LogP contribution in [0, 0.1) is 13.8 Å². The van der Waals surface area contributed by atoms with E-state index >= 15 is 0 Å². The summed E-state index contributed by atoms with van der Waals surface area (Å²) in [7, 11) is 1.58. The number of methoxy groups -OCH3 is 1. The number of carbonyl (C=O) groups excluding carboxylic acids is 1. The highest BCUT2D eigenvalue weighted by Gasteiger charge is 2.42. The van der Waals surface area contributed by atoms with Gasteiger partial charge in [-0.05, 0) is 86.2 Å². The maximum absolute atomic E-state index is 11.9. The molecule has 1 saturated heterocycles. The van der Waals surface area contributed by atoms with Gasteiger partial charge in [0.1, 0.15) is 5.75 Å². The molecule has 2 atom stereocenters. The molecule has 0 bridgehead atoms. The van der Waals surface area contributed by atoms with Crippen molar-refractivity contribution in [3.05, 3.63) is 101 Å². The van der Waals surface area contributed by atoms with Gasteiger partial charge in [-0.2, -0.15) is 0 Å². The summed E-state index contributed by atoms with van der Waals surface area (Å²) < 4.78 is 7.68. The standard InChI is InChI=1S/C29H28ClN5O2S/c1-17-14-23(18(2)34(17)21-9-7-8-20(30)15-21)28-27(24-10-5-6-13-31-24)33-29(38)35(28)22-11-12-26(37-4)25(16-22)32-19(3)36/h5-16,27-28H,1-4H3,(H,32,36)(H,33,38)/t27-,28+/m1/s1. The number of rotatable bonds is 6. The Hall–Kier alpha value is -3.88. The van der Waals surface area contributed by atoms with Gasteiger partial charge in [-0.25, -0.2) is 0 Å². The maximum Gasteiger partial charge on any atom is 0.221 e. The second-order valence-electron chi connectivity index (χ2n) is 9.20. The van der Waals surface area contributed by atoms with Crippen LogP contribution >= 0.6 is 23.8 Å². The predicted octanol–water partition coefficient (Wildman–Crippen LogP) is 6.29. The second kappa shape index (κ2) is 10.5. The topological polar surface area (TPSA) is 71.4 Å². The molecule has 1 fully saturated rings. The lowest BCUT2D eigenvalue weighted by molar-refractivity contribution is -0.114. The molecule has 1 aliphatic heterocycles. The molecule has 194 valence electrons. The number of benzene rings is 2. The molecule has 0 aliphatic carbocycles. The van der Waals surface area contributed by atoms with E-state index in [4.69, 9.17) is 28.6 Å². The zero-order valence-corrected chi connectivity index (χ0v) is 23.1. The Bertz CT molecular complexity index is 1520. The minimum Gasteiger partial charge on any atom is -0.495 e. The summed E-state index contributed by atoms with van der Waals surface area (Å²) in [6.45, 7) is 5.66. The van der Waals surface area contributed by atoms with Crippen LogP contribution in [0.1, 0.15) is 41.7 Å². The van der Waals surface area contributed by atoms with Crippen molar-refractivity contribution in [1.82, 2.24) is 14.9 Å². The van der Waals surface area contributed by atoms with E-state index in [0.29, 0.717) is 21.6 Å². The first-order valence-electron chi connectivity index (χ1n) is 12.2. The molecule has 0 saturated carbocycles. The highest BCUT2D eigenvalue weighted by atomic mass is 35.5. The maximum atomic E-state index is 11.9. The normalized spacial score (nSPS) is 16.9. The summed E-state index contributed by atoms with van der Waals surface area (Å²) in [5, 5.41) is 7.62. The van der Waals surface area contributed by atoms with E-state index in [1.807, 2.05) is 60.7 Å². The second-order valence-corrected chi connectivity index (χ2v) is 10.0. The molecule has 2 aromatic heterocycles. The number of ether oxygens (including phenoxy) is 1. The zero-order chi connectivity index (χ0) is 27.0. The van der Waals surface area contributed by atoms with Gasteiger partial charge in [0.05, 0.1) is 30.6 Å². The van der Waals surface area contributed by atoms with E-state index < -0.39 is 0 Å². The van der Waals surface area contributed by atoms with E-state index in [1.54, 1.807) is 13.3 Å². The number of hydrogen-bond donors (Lipinski definition) is 2. The van der Waals surface area contributed by atoms with Crippen molar-refractivity contribution in [2.45, 2.75) is 32.9 Å². The number of halogens is 1. The third-order valence-electron chi connectivity index (χ3n) is 6.73. The molecule has 1 aliphatic rings. The first-order chi connectivity index (χ1) is 18.3. The summed E-state index contributed by atoms with van der Waals surface area (Å²) in [4.78, 5) is 18.7. The summed E-state index contributed by atoms with van der Waals surface area (Å²) >= 11 is 12.2. The lowest BCUT2D eigenvalue weighted by Crippen LogP contribution is -2.29. The fourth-order valence-corrected chi connectivity index (χ4v) is 5.71. The van der Waals surface area contributed by atoms with Gasteiger partial charge >= 0.3 is 0 Å². The SMILES string of the molecule is COc1ccc(N2C(=S)N[C@H](c3ccccn3)[C@@H]2c2cc(C)n(-c3cccc(Cl)c3)c2C)cc1NC(C)=O. The van der Waals surface area contributed by atoms with Crippen molar-refractivity contribution < 1.29 is 9.53 Å². The first-order valence-corrected chi connectivity index (χ1v) is 13.0. The van der Waals surface area contributed by atoms with Crippen LogP contribution in [0.2, 0.25) is 5.02 Å². The number of aromatic nitrogens is 2. The molecule has 9 heteroatoms. The number of hydrogen-bond acceptors (Lipinski definition) is 4. The Morgan fingerprint density at radius 3 is 2.58 bits per heavy atom. The number of pyridine rings is 1. The predicted molar refractivity (Wildman–Crippen MR) is 155 cm³/mol. The van der Waals surface area contributed by atoms with Gasteiger partial charge in [0.2, 0.25) is 5.91 Å². The number of anilines is 2. The Labute approximate surface area is 232 Å². The highest BCUT2D eigenvalue weighted by molar-refractivity contribution is 7.80. The molecule has 1 amide bonds. The summed E-state index contributed by atoms with van der Waals surface area (Å²) in [5.74, 6) is 0.384. The third-order valence-corrected chi connectivity index (χ3v) is 7.27. The number of nitrogens with zero attached hydrogens (tertiary/aromatic N) is 3. The molecule has 5 rings (SSSR count). The Kier molecular flexibility index (Phi) is 7.10. The minimum absolute atomic E-state index is 0.185. The highest BCUT2D eigenvalue weighted by Crippen LogP contribution is 2.45. The first kappa shape index (κ1) is 25.8. The smallest absolute Gasteiger partial charge is 0.221 e. The van der Waals surface area contributed by atoms with Crippen LogP contribution in [0.15, 0.2) is 72.9 Å². The van der Waals surface area contributed by atoms with Gasteiger partial charge < -0.3 is 24.8 Å². The lowest BCUT2D eigenvalue weighted by Gasteiger charge is -2.29. The Balaban J connectivity index is 1.68. The lowest BCUT2D eigenvalue weighted by atomic mass is 9.96. The molecule has 38 heavy (non-hydrogen) atoms. The number of nitrogens with one attached hydrogen (secondary N) is 2. The van der Waals surface area contributed by atoms with E-state index in [9.17, 15) is 4.79 Å². The van der Waals surface area contributed by atoms with Gasteiger partial charge in [-0.1, -0.05) is 23.7 Å². The molecule has 0 spiro atoms. The molecule has 3 heterocycles. The average Bonchev–Trinajstić information content (AvgIpc) is 3.39. The molecule has 0 unspecified atom stereocenters. The van der Waals surface area contributed by atoms with Crippen LogP contribution < -0.4 is 20.3 Å². The number of carbonyl (C=O) groups is 1. The number of aryl methyl sites for hydroxylation is 1. The number of thiocarbonyl (C=S) groups is 1. The number of amides is 1. The van der Waals surface area contributed by atoms with Crippen LogP contribution in [-0.4, -0.2) is 27.7 Å².